The van der Waals surface area contributed by atoms with Crippen LogP contribution in [0.25, 0.3) is 0 Å². The van der Waals surface area contributed by atoms with Crippen molar-refractivity contribution < 1.29 is 18.6 Å². The summed E-state index contributed by atoms with van der Waals surface area (Å²) in [5.41, 5.74) is 0.571. The summed E-state index contributed by atoms with van der Waals surface area (Å²) in [4.78, 5) is 0.228. The number of aliphatic hydroxyl groups is 2. The molecule has 4 nitrogen and oxygen atoms in total. The predicted molar refractivity (Wildman–Crippen MR) is 80.5 cm³/mol. The van der Waals surface area contributed by atoms with Gasteiger partial charge in [0, 0.05) is 0 Å². The van der Waals surface area contributed by atoms with Crippen molar-refractivity contribution in [2.45, 2.75) is 23.5 Å². The Labute approximate surface area is 124 Å². The van der Waals surface area contributed by atoms with Gasteiger partial charge in [-0.3, -0.25) is 0 Å². The summed E-state index contributed by atoms with van der Waals surface area (Å²) in [7, 11) is -3.44. The molecule has 2 rings (SSSR count). The second-order valence-corrected chi connectivity index (χ2v) is 6.95. The minimum absolute atomic E-state index is 0.0205. The van der Waals surface area contributed by atoms with Crippen molar-refractivity contribution in [3.8, 4) is 0 Å². The Hall–Kier alpha value is -1.69. The van der Waals surface area contributed by atoms with Gasteiger partial charge in [-0.25, -0.2) is 8.42 Å². The summed E-state index contributed by atoms with van der Waals surface area (Å²) in [6.45, 7) is 0. The molecule has 2 atom stereocenters. The maximum atomic E-state index is 12.1. The fourth-order valence-electron chi connectivity index (χ4n) is 2.05. The average molecular weight is 306 g/mol. The SMILES string of the molecule is O=S(=O)(CC[C@@H](O)[C@H](O)c1ccccc1)c1ccccc1. The zero-order chi connectivity index (χ0) is 15.3. The van der Waals surface area contributed by atoms with Crippen molar-refractivity contribution in [3.05, 3.63) is 66.2 Å². The van der Waals surface area contributed by atoms with Crippen LogP contribution in [0.2, 0.25) is 0 Å². The molecule has 0 saturated carbocycles. The number of aliphatic hydroxyl groups excluding tert-OH is 2. The van der Waals surface area contributed by atoms with Gasteiger partial charge < -0.3 is 10.2 Å². The summed E-state index contributed by atoms with van der Waals surface area (Å²) < 4.78 is 24.2. The van der Waals surface area contributed by atoms with E-state index in [-0.39, 0.29) is 17.1 Å². The molecule has 0 aliphatic heterocycles. The van der Waals surface area contributed by atoms with Crippen LogP contribution in [0.3, 0.4) is 0 Å². The smallest absolute Gasteiger partial charge is 0.178 e. The molecule has 5 heteroatoms. The highest BCUT2D eigenvalue weighted by Crippen LogP contribution is 2.20. The number of hydrogen-bond acceptors (Lipinski definition) is 4. The Morgan fingerprint density at radius 3 is 1.95 bits per heavy atom. The average Bonchev–Trinajstić information content (AvgIpc) is 2.53. The minimum Gasteiger partial charge on any atom is -0.390 e. The molecule has 0 aliphatic carbocycles. The van der Waals surface area contributed by atoms with Gasteiger partial charge in [0.15, 0.2) is 9.84 Å². The maximum Gasteiger partial charge on any atom is 0.178 e. The Bertz CT molecular complexity index is 653. The maximum absolute atomic E-state index is 12.1. The van der Waals surface area contributed by atoms with Crippen LogP contribution in [0.4, 0.5) is 0 Å². The molecule has 0 aromatic heterocycles. The first-order valence-electron chi connectivity index (χ1n) is 6.69. The van der Waals surface area contributed by atoms with Crippen LogP contribution in [0, 0.1) is 0 Å². The Kier molecular flexibility index (Phi) is 5.12. The lowest BCUT2D eigenvalue weighted by molar-refractivity contribution is 0.0169. The number of benzene rings is 2. The van der Waals surface area contributed by atoms with E-state index in [1.54, 1.807) is 42.5 Å². The molecule has 0 amide bonds. The van der Waals surface area contributed by atoms with Gasteiger partial charge in [0.2, 0.25) is 0 Å². The summed E-state index contributed by atoms with van der Waals surface area (Å²) in [5, 5.41) is 20.0. The van der Waals surface area contributed by atoms with Crippen LogP contribution in [-0.4, -0.2) is 30.5 Å². The van der Waals surface area contributed by atoms with Crippen LogP contribution in [0.15, 0.2) is 65.6 Å². The monoisotopic (exact) mass is 306 g/mol. The first-order valence-corrected chi connectivity index (χ1v) is 8.35. The van der Waals surface area contributed by atoms with Crippen molar-refractivity contribution >= 4 is 9.84 Å². The fourth-order valence-corrected chi connectivity index (χ4v) is 3.41. The van der Waals surface area contributed by atoms with Gasteiger partial charge in [-0.15, -0.1) is 0 Å². The zero-order valence-corrected chi connectivity index (χ0v) is 12.3. The van der Waals surface area contributed by atoms with Crippen LogP contribution >= 0.6 is 0 Å². The number of rotatable bonds is 6. The van der Waals surface area contributed by atoms with Gasteiger partial charge >= 0.3 is 0 Å². The molecule has 0 spiro atoms. The molecule has 0 unspecified atom stereocenters. The summed E-state index contributed by atoms with van der Waals surface area (Å²) in [5.74, 6) is -0.206. The summed E-state index contributed by atoms with van der Waals surface area (Å²) in [6.07, 6.45) is -2.23. The minimum atomic E-state index is -3.44. The van der Waals surface area contributed by atoms with Crippen molar-refractivity contribution in [2.75, 3.05) is 5.75 Å². The van der Waals surface area contributed by atoms with Crippen molar-refractivity contribution in [1.29, 1.82) is 0 Å². The number of sulfone groups is 1. The quantitative estimate of drug-likeness (QED) is 0.855. The molecule has 0 fully saturated rings. The molecule has 0 radical (unpaired) electrons. The van der Waals surface area contributed by atoms with Gasteiger partial charge in [0.25, 0.3) is 0 Å². The van der Waals surface area contributed by atoms with E-state index in [0.717, 1.165) is 0 Å². The van der Waals surface area contributed by atoms with Crippen molar-refractivity contribution in [3.63, 3.8) is 0 Å². The van der Waals surface area contributed by atoms with Crippen LogP contribution < -0.4 is 0 Å². The first-order chi connectivity index (χ1) is 10.0. The molecular weight excluding hydrogens is 288 g/mol. The van der Waals surface area contributed by atoms with Crippen LogP contribution in [-0.2, 0) is 9.84 Å². The third-order valence-electron chi connectivity index (χ3n) is 3.29. The molecule has 2 aromatic carbocycles. The van der Waals surface area contributed by atoms with E-state index >= 15 is 0 Å². The largest absolute Gasteiger partial charge is 0.390 e. The highest BCUT2D eigenvalue weighted by Gasteiger charge is 2.22. The molecule has 21 heavy (non-hydrogen) atoms. The summed E-state index contributed by atoms with van der Waals surface area (Å²) >= 11 is 0. The lowest BCUT2D eigenvalue weighted by Gasteiger charge is -2.18. The Morgan fingerprint density at radius 1 is 0.857 bits per heavy atom. The lowest BCUT2D eigenvalue weighted by Crippen LogP contribution is -2.22. The van der Waals surface area contributed by atoms with Gasteiger partial charge in [-0.05, 0) is 24.1 Å². The number of hydrogen-bond donors (Lipinski definition) is 2. The molecule has 0 saturated heterocycles. The Balaban J connectivity index is 2.00. The molecule has 0 heterocycles. The van der Waals surface area contributed by atoms with Crippen molar-refractivity contribution in [2.24, 2.45) is 0 Å². The van der Waals surface area contributed by atoms with Gasteiger partial charge in [-0.1, -0.05) is 48.5 Å². The molecule has 2 aromatic rings. The van der Waals surface area contributed by atoms with E-state index < -0.39 is 22.0 Å². The Morgan fingerprint density at radius 2 is 1.38 bits per heavy atom. The van der Waals surface area contributed by atoms with E-state index in [2.05, 4.69) is 0 Å². The van der Waals surface area contributed by atoms with Crippen LogP contribution in [0.1, 0.15) is 18.1 Å². The standard InChI is InChI=1S/C16H18O4S/c17-15(16(18)13-7-3-1-4-8-13)11-12-21(19,20)14-9-5-2-6-10-14/h1-10,15-18H,11-12H2/t15-,16-/m1/s1. The molecule has 0 bridgehead atoms. The molecule has 112 valence electrons. The van der Waals surface area contributed by atoms with Gasteiger partial charge in [-0.2, -0.15) is 0 Å². The fraction of sp³-hybridized carbons (Fsp3) is 0.250. The van der Waals surface area contributed by atoms with Gasteiger partial charge in [0.05, 0.1) is 16.8 Å². The highest BCUT2D eigenvalue weighted by atomic mass is 32.2. The van der Waals surface area contributed by atoms with E-state index in [4.69, 9.17) is 0 Å². The normalized spacial score (nSPS) is 14.6. The molecular formula is C16H18O4S. The second kappa shape index (κ2) is 6.85. The highest BCUT2D eigenvalue weighted by molar-refractivity contribution is 7.91. The molecule has 2 N–H and O–H groups in total. The predicted octanol–water partition coefficient (Wildman–Crippen LogP) is 1.94. The third kappa shape index (κ3) is 4.14. The van der Waals surface area contributed by atoms with E-state index in [9.17, 15) is 18.6 Å². The van der Waals surface area contributed by atoms with E-state index in [0.29, 0.717) is 5.56 Å². The zero-order valence-electron chi connectivity index (χ0n) is 11.5. The topological polar surface area (TPSA) is 74.6 Å². The summed E-state index contributed by atoms with van der Waals surface area (Å²) in [6, 6.07) is 16.8. The van der Waals surface area contributed by atoms with Crippen molar-refractivity contribution in [1.82, 2.24) is 0 Å². The van der Waals surface area contributed by atoms with E-state index in [1.807, 2.05) is 6.07 Å². The molecule has 0 aliphatic rings. The first kappa shape index (κ1) is 15.7. The third-order valence-corrected chi connectivity index (χ3v) is 5.05. The van der Waals surface area contributed by atoms with Gasteiger partial charge in [0.1, 0.15) is 6.10 Å². The van der Waals surface area contributed by atoms with Crippen LogP contribution in [0.5, 0.6) is 0 Å². The second-order valence-electron chi connectivity index (χ2n) is 4.84. The lowest BCUT2D eigenvalue weighted by atomic mass is 10.0. The van der Waals surface area contributed by atoms with E-state index in [1.165, 1.54) is 12.1 Å².